The van der Waals surface area contributed by atoms with Gasteiger partial charge in [-0.2, -0.15) is 5.26 Å². The number of carbonyl (C=O) groups excluding carboxylic acids is 2. The predicted octanol–water partition coefficient (Wildman–Crippen LogP) is 3.20. The zero-order valence-electron chi connectivity index (χ0n) is 15.7. The van der Waals surface area contributed by atoms with E-state index >= 15 is 0 Å². The van der Waals surface area contributed by atoms with Gasteiger partial charge in [0, 0.05) is 25.0 Å². The molecule has 1 unspecified atom stereocenters. The van der Waals surface area contributed by atoms with Crippen molar-refractivity contribution in [3.63, 3.8) is 0 Å². The molecule has 1 aromatic rings. The summed E-state index contributed by atoms with van der Waals surface area (Å²) < 4.78 is 13.1. The van der Waals surface area contributed by atoms with Crippen LogP contribution >= 0.6 is 0 Å². The number of likely N-dealkylation sites (tertiary alicyclic amines) is 1. The molecule has 0 aromatic heterocycles. The van der Waals surface area contributed by atoms with Gasteiger partial charge in [-0.1, -0.05) is 24.3 Å². The van der Waals surface area contributed by atoms with Crippen molar-refractivity contribution in [3.8, 4) is 6.07 Å². The first-order chi connectivity index (χ1) is 13.6. The number of hydrogen-bond acceptors (Lipinski definition) is 3. The maximum absolute atomic E-state index is 13.1. The number of hydrogen-bond donors (Lipinski definition) is 1. The van der Waals surface area contributed by atoms with E-state index in [1.807, 2.05) is 18.2 Å². The molecule has 0 radical (unpaired) electrons. The standard InChI is InChI=1S/C22H24FN3O2/c23-19-10-8-16(9-11-19)13-18(14-24)22(28)26-12-4-3-7-20(15-26)25-21(27)17-5-1-2-6-17/h1-2,8-11,13,17,20H,3-7,12,15H2,(H,25,27)/b18-13+. The quantitative estimate of drug-likeness (QED) is 0.494. The molecule has 2 aliphatic rings. The number of benzene rings is 1. The summed E-state index contributed by atoms with van der Waals surface area (Å²) in [7, 11) is 0. The minimum atomic E-state index is -0.370. The molecule has 0 bridgehead atoms. The Morgan fingerprint density at radius 3 is 2.57 bits per heavy atom. The van der Waals surface area contributed by atoms with Gasteiger partial charge < -0.3 is 10.2 Å². The Kier molecular flexibility index (Phi) is 6.59. The second kappa shape index (κ2) is 9.32. The van der Waals surface area contributed by atoms with Crippen LogP contribution in [0.1, 0.15) is 37.7 Å². The van der Waals surface area contributed by atoms with E-state index < -0.39 is 0 Å². The lowest BCUT2D eigenvalue weighted by atomic mass is 10.0. The average molecular weight is 381 g/mol. The number of carbonyl (C=O) groups is 2. The van der Waals surface area contributed by atoms with E-state index in [0.29, 0.717) is 18.7 Å². The molecule has 1 aliphatic carbocycles. The van der Waals surface area contributed by atoms with Crippen molar-refractivity contribution in [2.24, 2.45) is 5.92 Å². The Bertz CT molecular complexity index is 815. The van der Waals surface area contributed by atoms with E-state index in [0.717, 1.165) is 32.1 Å². The Morgan fingerprint density at radius 2 is 1.89 bits per heavy atom. The van der Waals surface area contributed by atoms with Crippen LogP contribution in [0.25, 0.3) is 6.08 Å². The summed E-state index contributed by atoms with van der Waals surface area (Å²) in [4.78, 5) is 26.9. The van der Waals surface area contributed by atoms with Gasteiger partial charge in [0.25, 0.3) is 5.91 Å². The van der Waals surface area contributed by atoms with E-state index in [-0.39, 0.29) is 35.2 Å². The van der Waals surface area contributed by atoms with E-state index in [2.05, 4.69) is 5.32 Å². The van der Waals surface area contributed by atoms with Crippen molar-refractivity contribution in [2.45, 2.75) is 38.1 Å². The largest absolute Gasteiger partial charge is 0.351 e. The molecule has 1 aromatic carbocycles. The Morgan fingerprint density at radius 1 is 1.18 bits per heavy atom. The van der Waals surface area contributed by atoms with Gasteiger partial charge in [-0.15, -0.1) is 0 Å². The van der Waals surface area contributed by atoms with Crippen LogP contribution in [-0.2, 0) is 9.59 Å². The van der Waals surface area contributed by atoms with E-state index in [9.17, 15) is 19.2 Å². The van der Waals surface area contributed by atoms with E-state index in [1.165, 1.54) is 30.3 Å². The van der Waals surface area contributed by atoms with E-state index in [4.69, 9.17) is 0 Å². The van der Waals surface area contributed by atoms with Gasteiger partial charge in [-0.3, -0.25) is 9.59 Å². The third kappa shape index (κ3) is 5.07. The Hall–Kier alpha value is -2.94. The van der Waals surface area contributed by atoms with Gasteiger partial charge >= 0.3 is 0 Å². The molecule has 0 saturated carbocycles. The molecule has 0 spiro atoms. The van der Waals surface area contributed by atoms with Crippen LogP contribution in [-0.4, -0.2) is 35.8 Å². The van der Waals surface area contributed by atoms with Crippen molar-refractivity contribution < 1.29 is 14.0 Å². The van der Waals surface area contributed by atoms with E-state index in [1.54, 1.807) is 4.90 Å². The number of nitriles is 1. The van der Waals surface area contributed by atoms with Crippen LogP contribution < -0.4 is 5.32 Å². The average Bonchev–Trinajstić information content (AvgIpc) is 3.14. The van der Waals surface area contributed by atoms with Crippen LogP contribution in [0, 0.1) is 23.1 Å². The molecule has 28 heavy (non-hydrogen) atoms. The smallest absolute Gasteiger partial charge is 0.264 e. The van der Waals surface area contributed by atoms with Gasteiger partial charge in [-0.05, 0) is 55.9 Å². The van der Waals surface area contributed by atoms with Crippen LogP contribution in [0.4, 0.5) is 4.39 Å². The first kappa shape index (κ1) is 19.8. The molecular formula is C22H24FN3O2. The predicted molar refractivity (Wildman–Crippen MR) is 104 cm³/mol. The van der Waals surface area contributed by atoms with Crippen molar-refractivity contribution in [2.75, 3.05) is 13.1 Å². The fourth-order valence-corrected chi connectivity index (χ4v) is 3.63. The molecule has 1 heterocycles. The third-order valence-electron chi connectivity index (χ3n) is 5.22. The second-order valence-corrected chi connectivity index (χ2v) is 7.31. The SMILES string of the molecule is N#C/C(=C\c1ccc(F)cc1)C(=O)N1CCCCC(NC(=O)C2CC=CC2)C1. The summed E-state index contributed by atoms with van der Waals surface area (Å²) in [5, 5.41) is 12.5. The lowest BCUT2D eigenvalue weighted by Gasteiger charge is -2.26. The number of nitrogens with zero attached hydrogens (tertiary/aromatic N) is 2. The Balaban J connectivity index is 1.67. The molecular weight excluding hydrogens is 357 g/mol. The number of nitrogens with one attached hydrogen (secondary N) is 1. The van der Waals surface area contributed by atoms with Crippen LogP contribution in [0.5, 0.6) is 0 Å². The van der Waals surface area contributed by atoms with Crippen molar-refractivity contribution in [1.82, 2.24) is 10.2 Å². The first-order valence-corrected chi connectivity index (χ1v) is 9.69. The topological polar surface area (TPSA) is 73.2 Å². The Labute approximate surface area is 164 Å². The number of halogens is 1. The highest BCUT2D eigenvalue weighted by molar-refractivity contribution is 6.01. The van der Waals surface area contributed by atoms with Gasteiger partial charge in [0.2, 0.25) is 5.91 Å². The minimum absolute atomic E-state index is 0.0126. The fraction of sp³-hybridized carbons (Fsp3) is 0.409. The van der Waals surface area contributed by atoms with Crippen LogP contribution in [0.15, 0.2) is 42.0 Å². The zero-order chi connectivity index (χ0) is 19.9. The van der Waals surface area contributed by atoms with Gasteiger partial charge in [-0.25, -0.2) is 4.39 Å². The van der Waals surface area contributed by atoms with Crippen LogP contribution in [0.3, 0.4) is 0 Å². The van der Waals surface area contributed by atoms with Gasteiger partial charge in [0.1, 0.15) is 17.5 Å². The third-order valence-corrected chi connectivity index (χ3v) is 5.22. The summed E-state index contributed by atoms with van der Waals surface area (Å²) in [5.41, 5.74) is 0.610. The lowest BCUT2D eigenvalue weighted by molar-refractivity contribution is -0.129. The summed E-state index contributed by atoms with van der Waals surface area (Å²) in [5.74, 6) is -0.701. The second-order valence-electron chi connectivity index (χ2n) is 7.31. The highest BCUT2D eigenvalue weighted by Crippen LogP contribution is 2.20. The van der Waals surface area contributed by atoms with Crippen LogP contribution in [0.2, 0.25) is 0 Å². The molecule has 1 aliphatic heterocycles. The normalized spacial score (nSPS) is 20.5. The van der Waals surface area contributed by atoms with Crippen molar-refractivity contribution in [3.05, 3.63) is 53.4 Å². The fourth-order valence-electron chi connectivity index (χ4n) is 3.63. The molecule has 2 amide bonds. The van der Waals surface area contributed by atoms with Crippen molar-refractivity contribution in [1.29, 1.82) is 5.26 Å². The molecule has 5 nitrogen and oxygen atoms in total. The van der Waals surface area contributed by atoms with Crippen molar-refractivity contribution >= 4 is 17.9 Å². The zero-order valence-corrected chi connectivity index (χ0v) is 15.7. The minimum Gasteiger partial charge on any atom is -0.351 e. The maximum atomic E-state index is 13.1. The molecule has 1 N–H and O–H groups in total. The van der Waals surface area contributed by atoms with Gasteiger partial charge in [0.15, 0.2) is 0 Å². The summed E-state index contributed by atoms with van der Waals surface area (Å²) in [6, 6.07) is 7.50. The molecule has 1 fully saturated rings. The number of rotatable bonds is 4. The molecule has 146 valence electrons. The number of amides is 2. The highest BCUT2D eigenvalue weighted by atomic mass is 19.1. The monoisotopic (exact) mass is 381 g/mol. The summed E-state index contributed by atoms with van der Waals surface area (Å²) in [6.45, 7) is 0.950. The first-order valence-electron chi connectivity index (χ1n) is 9.69. The van der Waals surface area contributed by atoms with Gasteiger partial charge in [0.05, 0.1) is 0 Å². The number of allylic oxidation sites excluding steroid dienone is 2. The molecule has 1 saturated heterocycles. The maximum Gasteiger partial charge on any atom is 0.264 e. The summed E-state index contributed by atoms with van der Waals surface area (Å²) in [6.07, 6.45) is 9.61. The molecule has 6 heteroatoms. The molecule has 1 atom stereocenters. The lowest BCUT2D eigenvalue weighted by Crippen LogP contribution is -2.46. The highest BCUT2D eigenvalue weighted by Gasteiger charge is 2.27. The summed E-state index contributed by atoms with van der Waals surface area (Å²) >= 11 is 0. The molecule has 3 rings (SSSR count).